The molecule has 0 aliphatic rings. The van der Waals surface area contributed by atoms with Crippen molar-refractivity contribution >= 4 is 21.6 Å². The molecule has 0 heterocycles. The highest BCUT2D eigenvalue weighted by Gasteiger charge is 2.30. The van der Waals surface area contributed by atoms with Crippen LogP contribution in [0.1, 0.15) is 30.5 Å². The van der Waals surface area contributed by atoms with E-state index in [9.17, 15) is 13.2 Å². The Bertz CT molecular complexity index is 1290. The summed E-state index contributed by atoms with van der Waals surface area (Å²) in [5, 5.41) is 2.98. The molecule has 192 valence electrons. The topological polar surface area (TPSA) is 94.2 Å². The molecule has 0 fully saturated rings. The standard InChI is InChI=1S/C27H32N2O6S/c1-6-23(20-11-16-25(34-4)19(2)17-20)28-27(30)18-29(24-9-7-8-10-26(24)35-5)36(31,32)22-14-12-21(33-3)13-15-22/h7-17,23H,6,18H2,1-5H3,(H,28,30)/t23-/m1/s1. The molecule has 0 aromatic heterocycles. The number of hydrogen-bond acceptors (Lipinski definition) is 6. The van der Waals surface area contributed by atoms with Crippen LogP contribution >= 0.6 is 0 Å². The van der Waals surface area contributed by atoms with E-state index < -0.39 is 22.5 Å². The van der Waals surface area contributed by atoms with Crippen LogP contribution in [0.25, 0.3) is 0 Å². The summed E-state index contributed by atoms with van der Waals surface area (Å²) in [6, 6.07) is 18.1. The van der Waals surface area contributed by atoms with Gasteiger partial charge in [0.2, 0.25) is 5.91 Å². The molecule has 1 N–H and O–H groups in total. The maximum atomic E-state index is 13.7. The molecule has 1 atom stereocenters. The van der Waals surface area contributed by atoms with Crippen molar-refractivity contribution in [2.75, 3.05) is 32.2 Å². The Balaban J connectivity index is 1.94. The molecule has 3 rings (SSSR count). The van der Waals surface area contributed by atoms with E-state index in [4.69, 9.17) is 14.2 Å². The summed E-state index contributed by atoms with van der Waals surface area (Å²) < 4.78 is 44.4. The average Bonchev–Trinajstić information content (AvgIpc) is 2.90. The zero-order valence-electron chi connectivity index (χ0n) is 21.1. The van der Waals surface area contributed by atoms with Crippen LogP contribution in [0.5, 0.6) is 17.2 Å². The number of carbonyl (C=O) groups is 1. The fraction of sp³-hybridized carbons (Fsp3) is 0.296. The van der Waals surface area contributed by atoms with Gasteiger partial charge in [-0.3, -0.25) is 9.10 Å². The lowest BCUT2D eigenvalue weighted by Gasteiger charge is -2.27. The molecule has 0 aliphatic carbocycles. The van der Waals surface area contributed by atoms with E-state index in [-0.39, 0.29) is 16.6 Å². The molecular weight excluding hydrogens is 480 g/mol. The van der Waals surface area contributed by atoms with Crippen LogP contribution in [0.4, 0.5) is 5.69 Å². The Labute approximate surface area is 212 Å². The summed E-state index contributed by atoms with van der Waals surface area (Å²) in [7, 11) is 0.457. The number of anilines is 1. The van der Waals surface area contributed by atoms with E-state index in [2.05, 4.69) is 5.32 Å². The monoisotopic (exact) mass is 512 g/mol. The summed E-state index contributed by atoms with van der Waals surface area (Å²) in [5.74, 6) is 1.17. The molecule has 8 nitrogen and oxygen atoms in total. The number of hydrogen-bond donors (Lipinski definition) is 1. The van der Waals surface area contributed by atoms with Crippen molar-refractivity contribution in [3.05, 3.63) is 77.9 Å². The number of nitrogens with zero attached hydrogens (tertiary/aromatic N) is 1. The van der Waals surface area contributed by atoms with Crippen LogP contribution in [0, 0.1) is 6.92 Å². The third kappa shape index (κ3) is 5.91. The van der Waals surface area contributed by atoms with Gasteiger partial charge in [-0.25, -0.2) is 8.42 Å². The predicted octanol–water partition coefficient (Wildman–Crippen LogP) is 4.48. The first-order chi connectivity index (χ1) is 17.2. The van der Waals surface area contributed by atoms with E-state index in [0.717, 1.165) is 21.2 Å². The number of rotatable bonds is 11. The molecule has 3 aromatic carbocycles. The van der Waals surface area contributed by atoms with Crippen molar-refractivity contribution in [2.24, 2.45) is 0 Å². The Morgan fingerprint density at radius 2 is 1.58 bits per heavy atom. The summed E-state index contributed by atoms with van der Waals surface area (Å²) in [4.78, 5) is 13.3. The summed E-state index contributed by atoms with van der Waals surface area (Å²) in [6.07, 6.45) is 0.622. The third-order valence-electron chi connectivity index (χ3n) is 5.85. The molecule has 3 aromatic rings. The molecule has 1 amide bonds. The minimum atomic E-state index is -4.11. The maximum Gasteiger partial charge on any atom is 0.264 e. The zero-order chi connectivity index (χ0) is 26.3. The Morgan fingerprint density at radius 3 is 2.17 bits per heavy atom. The van der Waals surface area contributed by atoms with Crippen LogP contribution < -0.4 is 23.8 Å². The minimum Gasteiger partial charge on any atom is -0.497 e. The molecule has 9 heteroatoms. The first-order valence-electron chi connectivity index (χ1n) is 11.5. The summed E-state index contributed by atoms with van der Waals surface area (Å²) >= 11 is 0. The van der Waals surface area contributed by atoms with Gasteiger partial charge in [0.25, 0.3) is 10.0 Å². The lowest BCUT2D eigenvalue weighted by Crippen LogP contribution is -2.42. The number of nitrogens with one attached hydrogen (secondary N) is 1. The molecule has 0 aliphatic heterocycles. The number of benzene rings is 3. The smallest absolute Gasteiger partial charge is 0.264 e. The normalized spacial score (nSPS) is 11.9. The Morgan fingerprint density at radius 1 is 0.917 bits per heavy atom. The molecule has 0 spiro atoms. The van der Waals surface area contributed by atoms with Gasteiger partial charge in [0, 0.05) is 0 Å². The van der Waals surface area contributed by atoms with E-state index in [1.54, 1.807) is 43.5 Å². The maximum absolute atomic E-state index is 13.7. The minimum absolute atomic E-state index is 0.0276. The largest absolute Gasteiger partial charge is 0.497 e. The van der Waals surface area contributed by atoms with Gasteiger partial charge < -0.3 is 19.5 Å². The SMILES string of the molecule is CC[C@@H](NC(=O)CN(c1ccccc1OC)S(=O)(=O)c1ccc(OC)cc1)c1ccc(OC)c(C)c1. The van der Waals surface area contributed by atoms with Crippen LogP contribution in [0.2, 0.25) is 0 Å². The quantitative estimate of drug-likeness (QED) is 0.407. The first-order valence-corrected chi connectivity index (χ1v) is 12.9. The number of methoxy groups -OCH3 is 3. The number of carbonyl (C=O) groups excluding carboxylic acids is 1. The lowest BCUT2D eigenvalue weighted by molar-refractivity contribution is -0.120. The van der Waals surface area contributed by atoms with Gasteiger partial charge in [-0.05, 0) is 66.9 Å². The second-order valence-corrected chi connectivity index (χ2v) is 9.98. The van der Waals surface area contributed by atoms with Crippen LogP contribution in [-0.4, -0.2) is 42.2 Å². The number of ether oxygens (including phenoxy) is 3. The van der Waals surface area contributed by atoms with Gasteiger partial charge in [-0.15, -0.1) is 0 Å². The second-order valence-electron chi connectivity index (χ2n) is 8.12. The van der Waals surface area contributed by atoms with Crippen molar-refractivity contribution in [1.29, 1.82) is 0 Å². The van der Waals surface area contributed by atoms with Crippen molar-refractivity contribution < 1.29 is 27.4 Å². The van der Waals surface area contributed by atoms with E-state index in [1.165, 1.54) is 26.4 Å². The van der Waals surface area contributed by atoms with Gasteiger partial charge in [0.1, 0.15) is 23.8 Å². The Hall–Kier alpha value is -3.72. The van der Waals surface area contributed by atoms with Crippen molar-refractivity contribution in [1.82, 2.24) is 5.32 Å². The number of para-hydroxylation sites is 2. The molecule has 0 saturated heterocycles. The highest BCUT2D eigenvalue weighted by Crippen LogP contribution is 2.33. The number of sulfonamides is 1. The predicted molar refractivity (Wildman–Crippen MR) is 139 cm³/mol. The third-order valence-corrected chi connectivity index (χ3v) is 7.63. The molecule has 0 saturated carbocycles. The Kier molecular flexibility index (Phi) is 8.82. The number of aryl methyl sites for hydroxylation is 1. The summed E-state index contributed by atoms with van der Waals surface area (Å²) in [6.45, 7) is 3.46. The fourth-order valence-electron chi connectivity index (χ4n) is 3.92. The molecule has 0 radical (unpaired) electrons. The lowest BCUT2D eigenvalue weighted by atomic mass is 10.0. The van der Waals surface area contributed by atoms with Gasteiger partial charge in [-0.1, -0.05) is 31.2 Å². The van der Waals surface area contributed by atoms with Gasteiger partial charge in [0.15, 0.2) is 0 Å². The molecule has 0 unspecified atom stereocenters. The fourth-order valence-corrected chi connectivity index (χ4v) is 5.35. The van der Waals surface area contributed by atoms with Crippen LogP contribution in [-0.2, 0) is 14.8 Å². The van der Waals surface area contributed by atoms with Crippen molar-refractivity contribution in [3.63, 3.8) is 0 Å². The second kappa shape index (κ2) is 11.8. The van der Waals surface area contributed by atoms with Crippen LogP contribution in [0.3, 0.4) is 0 Å². The van der Waals surface area contributed by atoms with Crippen molar-refractivity contribution in [2.45, 2.75) is 31.2 Å². The zero-order valence-corrected chi connectivity index (χ0v) is 22.0. The summed E-state index contributed by atoms with van der Waals surface area (Å²) in [5.41, 5.74) is 2.12. The molecule has 0 bridgehead atoms. The number of amides is 1. The van der Waals surface area contributed by atoms with Crippen molar-refractivity contribution in [3.8, 4) is 17.2 Å². The average molecular weight is 513 g/mol. The van der Waals surface area contributed by atoms with Gasteiger partial charge in [-0.2, -0.15) is 0 Å². The van der Waals surface area contributed by atoms with Gasteiger partial charge in [0.05, 0.1) is 38.0 Å². The first kappa shape index (κ1) is 26.9. The highest BCUT2D eigenvalue weighted by atomic mass is 32.2. The van der Waals surface area contributed by atoms with E-state index in [0.29, 0.717) is 17.9 Å². The molecular formula is C27H32N2O6S. The molecule has 36 heavy (non-hydrogen) atoms. The van der Waals surface area contributed by atoms with E-state index in [1.807, 2.05) is 32.0 Å². The highest BCUT2D eigenvalue weighted by molar-refractivity contribution is 7.92. The van der Waals surface area contributed by atoms with Gasteiger partial charge >= 0.3 is 0 Å². The van der Waals surface area contributed by atoms with E-state index >= 15 is 0 Å². The van der Waals surface area contributed by atoms with Crippen LogP contribution in [0.15, 0.2) is 71.6 Å².